The van der Waals surface area contributed by atoms with Crippen molar-refractivity contribution < 1.29 is 33.9 Å². The third-order valence-corrected chi connectivity index (χ3v) is 0.813. The standard InChI is InChI=1S/C5H9NO3.Zn/c1-4(7)2-3-5(8)9-6;/h2-3,6H2,1H3;. The van der Waals surface area contributed by atoms with Gasteiger partial charge in [-0.3, -0.25) is 4.79 Å². The molecule has 0 fully saturated rings. The van der Waals surface area contributed by atoms with Crippen molar-refractivity contribution in [1.82, 2.24) is 0 Å². The van der Waals surface area contributed by atoms with E-state index in [4.69, 9.17) is 0 Å². The van der Waals surface area contributed by atoms with Crippen molar-refractivity contribution in [3.05, 3.63) is 0 Å². The largest absolute Gasteiger partial charge is 0.373 e. The Kier molecular flexibility index (Phi) is 8.48. The van der Waals surface area contributed by atoms with Gasteiger partial charge in [-0.2, -0.15) is 5.90 Å². The second-order valence-electron chi connectivity index (χ2n) is 1.69. The van der Waals surface area contributed by atoms with Crippen LogP contribution in [0.25, 0.3) is 0 Å². The molecule has 0 aromatic rings. The molecule has 0 amide bonds. The van der Waals surface area contributed by atoms with Gasteiger partial charge >= 0.3 is 5.97 Å². The average molecular weight is 197 g/mol. The molecule has 0 saturated heterocycles. The molecule has 0 heterocycles. The Morgan fingerprint density at radius 2 is 1.90 bits per heavy atom. The van der Waals surface area contributed by atoms with Crippen molar-refractivity contribution in [2.45, 2.75) is 19.8 Å². The molecule has 0 unspecified atom stereocenters. The van der Waals surface area contributed by atoms with Crippen LogP contribution >= 0.6 is 0 Å². The van der Waals surface area contributed by atoms with Crippen LogP contribution < -0.4 is 5.90 Å². The van der Waals surface area contributed by atoms with E-state index in [1.807, 2.05) is 0 Å². The maximum atomic E-state index is 10.2. The van der Waals surface area contributed by atoms with E-state index in [0.29, 0.717) is 0 Å². The summed E-state index contributed by atoms with van der Waals surface area (Å²) in [5.74, 6) is 3.91. The van der Waals surface area contributed by atoms with Crippen LogP contribution in [0.15, 0.2) is 0 Å². The first-order chi connectivity index (χ1) is 4.16. The second-order valence-corrected chi connectivity index (χ2v) is 1.69. The van der Waals surface area contributed by atoms with Crippen molar-refractivity contribution in [2.75, 3.05) is 0 Å². The number of hydrogen-bond donors (Lipinski definition) is 1. The van der Waals surface area contributed by atoms with Crippen molar-refractivity contribution in [1.29, 1.82) is 0 Å². The molecule has 0 bridgehead atoms. The Morgan fingerprint density at radius 1 is 1.40 bits per heavy atom. The third kappa shape index (κ3) is 7.72. The summed E-state index contributed by atoms with van der Waals surface area (Å²) in [4.78, 5) is 24.2. The van der Waals surface area contributed by atoms with E-state index in [1.54, 1.807) is 0 Å². The van der Waals surface area contributed by atoms with E-state index < -0.39 is 5.97 Å². The molecule has 0 radical (unpaired) electrons. The molecule has 0 aromatic carbocycles. The molecule has 5 heteroatoms. The van der Waals surface area contributed by atoms with Gasteiger partial charge in [0.1, 0.15) is 5.78 Å². The number of carbonyl (C=O) groups excluding carboxylic acids is 2. The number of rotatable bonds is 3. The first-order valence-electron chi connectivity index (χ1n) is 2.56. The predicted molar refractivity (Wildman–Crippen MR) is 30.2 cm³/mol. The summed E-state index contributed by atoms with van der Waals surface area (Å²) >= 11 is 0. The second kappa shape index (κ2) is 6.84. The molecule has 4 nitrogen and oxygen atoms in total. The quantitative estimate of drug-likeness (QED) is 0.500. The van der Waals surface area contributed by atoms with Gasteiger partial charge in [-0.15, -0.1) is 0 Å². The van der Waals surface area contributed by atoms with Crippen LogP contribution in [-0.2, 0) is 33.9 Å². The van der Waals surface area contributed by atoms with Gasteiger partial charge in [0.25, 0.3) is 0 Å². The molecule has 0 aliphatic heterocycles. The fourth-order valence-electron chi connectivity index (χ4n) is 0.337. The summed E-state index contributed by atoms with van der Waals surface area (Å²) < 4.78 is 0. The fraction of sp³-hybridized carbons (Fsp3) is 0.600. The first-order valence-corrected chi connectivity index (χ1v) is 2.56. The van der Waals surface area contributed by atoms with Crippen molar-refractivity contribution >= 4 is 11.8 Å². The minimum atomic E-state index is -0.551. The van der Waals surface area contributed by atoms with Crippen LogP contribution in [0.2, 0.25) is 0 Å². The van der Waals surface area contributed by atoms with Gasteiger partial charge in [0.15, 0.2) is 0 Å². The minimum absolute atomic E-state index is 0. The number of nitrogens with two attached hydrogens (primary N) is 1. The summed E-state index contributed by atoms with van der Waals surface area (Å²) in [6.45, 7) is 1.41. The van der Waals surface area contributed by atoms with Crippen molar-refractivity contribution in [2.24, 2.45) is 5.90 Å². The predicted octanol–water partition coefficient (Wildman–Crippen LogP) is -0.230. The molecule has 0 saturated carbocycles. The molecular formula is C5H9NO3Zn. The Morgan fingerprint density at radius 3 is 2.20 bits per heavy atom. The average Bonchev–Trinajstić information content (AvgIpc) is 1.83. The normalized spacial score (nSPS) is 7.80. The molecule has 10 heavy (non-hydrogen) atoms. The van der Waals surface area contributed by atoms with Crippen molar-refractivity contribution in [3.63, 3.8) is 0 Å². The van der Waals surface area contributed by atoms with Crippen LogP contribution in [0.4, 0.5) is 0 Å². The van der Waals surface area contributed by atoms with Crippen LogP contribution in [0.1, 0.15) is 19.8 Å². The number of ketones is 1. The zero-order valence-corrected chi connectivity index (χ0v) is 8.89. The van der Waals surface area contributed by atoms with E-state index in [2.05, 4.69) is 10.7 Å². The van der Waals surface area contributed by atoms with Crippen molar-refractivity contribution in [3.8, 4) is 0 Å². The summed E-state index contributed by atoms with van der Waals surface area (Å²) in [7, 11) is 0. The van der Waals surface area contributed by atoms with Gasteiger partial charge in [-0.05, 0) is 6.92 Å². The smallest absolute Gasteiger partial charge is 0.324 e. The van der Waals surface area contributed by atoms with E-state index in [9.17, 15) is 9.59 Å². The van der Waals surface area contributed by atoms with E-state index in [-0.39, 0.29) is 38.1 Å². The van der Waals surface area contributed by atoms with Gasteiger partial charge in [0.2, 0.25) is 0 Å². The van der Waals surface area contributed by atoms with Crippen LogP contribution in [0.5, 0.6) is 0 Å². The maximum absolute atomic E-state index is 10.2. The number of carbonyl (C=O) groups is 2. The van der Waals surface area contributed by atoms with Gasteiger partial charge in [0.05, 0.1) is 6.42 Å². The van der Waals surface area contributed by atoms with Gasteiger partial charge in [0, 0.05) is 25.9 Å². The zero-order chi connectivity index (χ0) is 7.28. The SMILES string of the molecule is CC(=O)CCC(=O)ON.[Zn]. The summed E-state index contributed by atoms with van der Waals surface area (Å²) in [6, 6.07) is 0. The summed E-state index contributed by atoms with van der Waals surface area (Å²) in [5, 5.41) is 0. The molecule has 0 spiro atoms. The molecule has 2 N–H and O–H groups in total. The zero-order valence-electron chi connectivity index (χ0n) is 5.92. The molecule has 0 rings (SSSR count). The van der Waals surface area contributed by atoms with Gasteiger partial charge in [-0.25, -0.2) is 0 Å². The number of hydrogen-bond acceptors (Lipinski definition) is 4. The third-order valence-electron chi connectivity index (χ3n) is 0.813. The molecule has 54 valence electrons. The summed E-state index contributed by atoms with van der Waals surface area (Å²) in [6.07, 6.45) is 0.280. The van der Waals surface area contributed by atoms with Crippen LogP contribution in [0, 0.1) is 0 Å². The topological polar surface area (TPSA) is 69.4 Å². The van der Waals surface area contributed by atoms with E-state index in [1.165, 1.54) is 6.92 Å². The maximum Gasteiger partial charge on any atom is 0.324 e. The molecule has 0 atom stereocenters. The molecular weight excluding hydrogens is 187 g/mol. The van der Waals surface area contributed by atoms with Gasteiger partial charge < -0.3 is 9.63 Å². The fourth-order valence-corrected chi connectivity index (χ4v) is 0.337. The summed E-state index contributed by atoms with van der Waals surface area (Å²) in [5.41, 5.74) is 0. The monoisotopic (exact) mass is 195 g/mol. The molecule has 0 aliphatic rings. The van der Waals surface area contributed by atoms with Crippen LogP contribution in [0.3, 0.4) is 0 Å². The van der Waals surface area contributed by atoms with Crippen LogP contribution in [-0.4, -0.2) is 11.8 Å². The Labute approximate surface area is 71.8 Å². The van der Waals surface area contributed by atoms with E-state index in [0.717, 1.165) is 0 Å². The molecule has 0 aliphatic carbocycles. The molecule has 0 aromatic heterocycles. The number of Topliss-reactive ketones (excluding diaryl/α,β-unsaturated/α-hetero) is 1. The first kappa shape index (κ1) is 12.4. The van der Waals surface area contributed by atoms with Gasteiger partial charge in [-0.1, -0.05) is 0 Å². The Hall–Kier alpha value is -0.277. The van der Waals surface area contributed by atoms with E-state index >= 15 is 0 Å². The Bertz CT molecular complexity index is 126. The minimum Gasteiger partial charge on any atom is -0.373 e. The Balaban J connectivity index is 0.